The second-order valence-corrected chi connectivity index (χ2v) is 23.7. The van der Waals surface area contributed by atoms with Gasteiger partial charge >= 0.3 is 13.8 Å². The Kier molecular flexibility index (Phi) is 50.8. The molecule has 0 saturated heterocycles. The Morgan fingerprint density at radius 3 is 1.21 bits per heavy atom. The molecule has 10 heteroatoms. The number of hydrogen-bond donors (Lipinski definition) is 2. The Hall–Kier alpha value is -1.51. The maximum atomic E-state index is 13.5. The summed E-state index contributed by atoms with van der Waals surface area (Å²) in [5.74, 6) is -0.508. The number of phosphoric ester groups is 1. The first kappa shape index (κ1) is 69.5. The van der Waals surface area contributed by atoms with Gasteiger partial charge in [0.25, 0.3) is 0 Å². The van der Waals surface area contributed by atoms with Crippen LogP contribution in [-0.4, -0.2) is 74.3 Å². The van der Waals surface area contributed by atoms with Crippen LogP contribution >= 0.6 is 7.82 Å². The Labute approximate surface area is 441 Å². The maximum absolute atomic E-state index is 13.5. The first-order valence-corrected chi connectivity index (χ1v) is 32.2. The van der Waals surface area contributed by atoms with Gasteiger partial charge in [0.05, 0.1) is 33.8 Å². The fourth-order valence-corrected chi connectivity index (χ4v) is 9.85. The summed E-state index contributed by atoms with van der Waals surface area (Å²) in [7, 11) is 1.50. The minimum absolute atomic E-state index is 0.0415. The monoisotopic (exact) mass is 1020 g/mol. The molecule has 0 saturated carbocycles. The molecule has 0 bridgehead atoms. The predicted molar refractivity (Wildman–Crippen MR) is 305 cm³/mol. The molecule has 1 amide bonds. The molecular weight excluding hydrogens is 904 g/mol. The van der Waals surface area contributed by atoms with Crippen molar-refractivity contribution in [1.82, 2.24) is 5.32 Å². The van der Waals surface area contributed by atoms with E-state index in [0.29, 0.717) is 17.4 Å². The standard InChI is InChI=1S/C61H119N2O7P/c1-7-10-13-16-19-22-25-28-30-31-32-33-34-35-38-41-44-47-50-53-60(64)62-58(57-69-71(66,67)68-56-55-63(4,5)6)59(52-49-46-43-40-37-27-24-21-18-15-12-9-3)70-61(65)54-51-48-45-42-39-36-29-26-23-20-17-14-11-8-2/h36,39,49,52,58-59H,7-35,37-38,40-48,50-51,53-57H2,1-6H3,(H-,62,64,66,67)/p+1/b39-36-,52-49+. The van der Waals surface area contributed by atoms with Crippen LogP contribution < -0.4 is 5.32 Å². The fourth-order valence-electron chi connectivity index (χ4n) is 9.11. The molecule has 0 rings (SSSR count). The number of rotatable bonds is 56. The van der Waals surface area contributed by atoms with Gasteiger partial charge in [-0.05, 0) is 57.4 Å². The molecule has 3 atom stereocenters. The van der Waals surface area contributed by atoms with Crippen molar-refractivity contribution in [3.63, 3.8) is 0 Å². The lowest BCUT2D eigenvalue weighted by molar-refractivity contribution is -0.870. The lowest BCUT2D eigenvalue weighted by Crippen LogP contribution is -2.47. The smallest absolute Gasteiger partial charge is 0.456 e. The Bertz CT molecular complexity index is 1270. The molecule has 0 heterocycles. The summed E-state index contributed by atoms with van der Waals surface area (Å²) >= 11 is 0. The van der Waals surface area contributed by atoms with E-state index in [4.69, 9.17) is 13.8 Å². The maximum Gasteiger partial charge on any atom is 0.472 e. The summed E-state index contributed by atoms with van der Waals surface area (Å²) in [5.41, 5.74) is 0. The van der Waals surface area contributed by atoms with Crippen molar-refractivity contribution in [1.29, 1.82) is 0 Å². The van der Waals surface area contributed by atoms with E-state index in [9.17, 15) is 19.0 Å². The van der Waals surface area contributed by atoms with Crippen LogP contribution in [0.5, 0.6) is 0 Å². The van der Waals surface area contributed by atoms with Gasteiger partial charge in [-0.3, -0.25) is 18.6 Å². The largest absolute Gasteiger partial charge is 0.472 e. The van der Waals surface area contributed by atoms with E-state index in [1.165, 1.54) is 199 Å². The molecule has 3 unspecified atom stereocenters. The van der Waals surface area contributed by atoms with Gasteiger partial charge in [-0.2, -0.15) is 0 Å². The van der Waals surface area contributed by atoms with Gasteiger partial charge in [0.2, 0.25) is 5.91 Å². The molecule has 71 heavy (non-hydrogen) atoms. The van der Waals surface area contributed by atoms with E-state index in [2.05, 4.69) is 38.2 Å². The molecule has 0 fully saturated rings. The van der Waals surface area contributed by atoms with Crippen LogP contribution in [0.25, 0.3) is 0 Å². The molecule has 0 aliphatic carbocycles. The molecule has 420 valence electrons. The molecule has 0 aromatic heterocycles. The zero-order valence-electron chi connectivity index (χ0n) is 48.0. The van der Waals surface area contributed by atoms with Gasteiger partial charge in [0.1, 0.15) is 19.3 Å². The van der Waals surface area contributed by atoms with E-state index in [1.54, 1.807) is 0 Å². The van der Waals surface area contributed by atoms with Crippen molar-refractivity contribution < 1.29 is 37.3 Å². The van der Waals surface area contributed by atoms with Crippen LogP contribution in [0.4, 0.5) is 0 Å². The number of carbonyl (C=O) groups is 2. The van der Waals surface area contributed by atoms with E-state index in [0.717, 1.165) is 70.6 Å². The highest BCUT2D eigenvalue weighted by Crippen LogP contribution is 2.43. The first-order chi connectivity index (χ1) is 34.4. The Balaban J connectivity index is 5.24. The van der Waals surface area contributed by atoms with Gasteiger partial charge in [-0.15, -0.1) is 0 Å². The number of ether oxygens (including phenoxy) is 1. The highest BCUT2D eigenvalue weighted by molar-refractivity contribution is 7.47. The fraction of sp³-hybridized carbons (Fsp3) is 0.902. The normalized spacial score (nSPS) is 13.8. The summed E-state index contributed by atoms with van der Waals surface area (Å²) in [6.07, 6.45) is 60.3. The molecule has 0 radical (unpaired) electrons. The summed E-state index contributed by atoms with van der Waals surface area (Å²) in [6.45, 7) is 7.03. The lowest BCUT2D eigenvalue weighted by atomic mass is 10.0. The number of carbonyl (C=O) groups excluding carboxylic acids is 2. The number of likely N-dealkylation sites (N-methyl/N-ethyl adjacent to an activating group) is 1. The van der Waals surface area contributed by atoms with Gasteiger partial charge < -0.3 is 19.4 Å². The molecule has 2 N–H and O–H groups in total. The molecule has 0 aromatic carbocycles. The average Bonchev–Trinajstić information content (AvgIpc) is 3.33. The lowest BCUT2D eigenvalue weighted by Gasteiger charge is -2.27. The van der Waals surface area contributed by atoms with E-state index in [-0.39, 0.29) is 31.5 Å². The number of esters is 1. The number of nitrogens with one attached hydrogen (secondary N) is 1. The minimum atomic E-state index is -4.44. The second kappa shape index (κ2) is 52.0. The summed E-state index contributed by atoms with van der Waals surface area (Å²) < 4.78 is 30.7. The minimum Gasteiger partial charge on any atom is -0.456 e. The number of quaternary nitrogens is 1. The third kappa shape index (κ3) is 53.1. The van der Waals surface area contributed by atoms with Crippen molar-refractivity contribution in [3.8, 4) is 0 Å². The first-order valence-electron chi connectivity index (χ1n) is 30.7. The van der Waals surface area contributed by atoms with Gasteiger partial charge in [-0.1, -0.05) is 257 Å². The molecule has 0 aliphatic rings. The zero-order valence-corrected chi connectivity index (χ0v) is 48.9. The van der Waals surface area contributed by atoms with Crippen LogP contribution in [0, 0.1) is 0 Å². The topological polar surface area (TPSA) is 111 Å². The van der Waals surface area contributed by atoms with Crippen LogP contribution in [0.2, 0.25) is 0 Å². The van der Waals surface area contributed by atoms with Crippen molar-refractivity contribution in [3.05, 3.63) is 24.3 Å². The van der Waals surface area contributed by atoms with Crippen molar-refractivity contribution in [2.24, 2.45) is 0 Å². The van der Waals surface area contributed by atoms with Crippen molar-refractivity contribution in [2.45, 2.75) is 315 Å². The van der Waals surface area contributed by atoms with Crippen molar-refractivity contribution >= 4 is 19.7 Å². The van der Waals surface area contributed by atoms with Crippen LogP contribution in [0.1, 0.15) is 303 Å². The molecule has 9 nitrogen and oxygen atoms in total. The van der Waals surface area contributed by atoms with E-state index in [1.807, 2.05) is 33.3 Å². The van der Waals surface area contributed by atoms with E-state index < -0.39 is 20.0 Å². The summed E-state index contributed by atoms with van der Waals surface area (Å²) in [6, 6.07) is -0.848. The highest BCUT2D eigenvalue weighted by atomic mass is 31.2. The molecule has 0 aliphatic heterocycles. The quantitative estimate of drug-likeness (QED) is 0.0205. The number of phosphoric acid groups is 1. The Morgan fingerprint density at radius 2 is 0.817 bits per heavy atom. The molecule has 0 aromatic rings. The van der Waals surface area contributed by atoms with E-state index >= 15 is 0 Å². The number of hydrogen-bond acceptors (Lipinski definition) is 6. The summed E-state index contributed by atoms with van der Waals surface area (Å²) in [5, 5.41) is 3.06. The number of allylic oxidation sites excluding steroid dienone is 3. The summed E-state index contributed by atoms with van der Waals surface area (Å²) in [4.78, 5) is 37.6. The molecular formula is C61H120N2O7P+. The third-order valence-corrected chi connectivity index (χ3v) is 14.9. The Morgan fingerprint density at radius 1 is 0.479 bits per heavy atom. The van der Waals surface area contributed by atoms with Crippen molar-refractivity contribution in [2.75, 3.05) is 40.9 Å². The SMILES string of the molecule is CCCCCCCCC/C=C\CCCCCC(=O)OC(/C=C/CCCCCCCCCCCC)C(COP(=O)(O)OCC[N+](C)(C)C)NC(=O)CCCCCCCCCCCCCCCCCCCCC. The zero-order chi connectivity index (χ0) is 52.2. The van der Waals surface area contributed by atoms with Crippen LogP contribution in [-0.2, 0) is 27.9 Å². The average molecular weight is 1020 g/mol. The number of nitrogens with zero attached hydrogens (tertiary/aromatic N) is 1. The number of amides is 1. The van der Waals surface area contributed by atoms with Gasteiger partial charge in [-0.25, -0.2) is 4.57 Å². The van der Waals surface area contributed by atoms with Gasteiger partial charge in [0.15, 0.2) is 0 Å². The van der Waals surface area contributed by atoms with Crippen LogP contribution in [0.15, 0.2) is 24.3 Å². The molecule has 0 spiro atoms. The predicted octanol–water partition coefficient (Wildman–Crippen LogP) is 18.6. The van der Waals surface area contributed by atoms with Gasteiger partial charge in [0, 0.05) is 12.8 Å². The highest BCUT2D eigenvalue weighted by Gasteiger charge is 2.30. The number of unbranched alkanes of at least 4 members (excludes halogenated alkanes) is 38. The van der Waals surface area contributed by atoms with Crippen LogP contribution in [0.3, 0.4) is 0 Å². The third-order valence-electron chi connectivity index (χ3n) is 13.9. The second-order valence-electron chi connectivity index (χ2n) is 22.2.